The zero-order valence-corrected chi connectivity index (χ0v) is 12.5. The highest BCUT2D eigenvalue weighted by Gasteiger charge is 2.22. The summed E-state index contributed by atoms with van der Waals surface area (Å²) in [7, 11) is 0. The monoisotopic (exact) mass is 272 g/mol. The van der Waals surface area contributed by atoms with Crippen LogP contribution in [0.25, 0.3) is 0 Å². The first-order valence-electron chi connectivity index (χ1n) is 6.96. The van der Waals surface area contributed by atoms with Gasteiger partial charge in [-0.05, 0) is 56.1 Å². The molecule has 2 nitrogen and oxygen atoms in total. The van der Waals surface area contributed by atoms with Crippen LogP contribution in [0.4, 0.5) is 4.39 Å². The Bertz CT molecular complexity index is 585. The summed E-state index contributed by atoms with van der Waals surface area (Å²) in [5.41, 5.74) is 4.55. The quantitative estimate of drug-likeness (QED) is 0.914. The molecule has 2 aromatic rings. The van der Waals surface area contributed by atoms with E-state index in [-0.39, 0.29) is 11.9 Å². The predicted molar refractivity (Wildman–Crippen MR) is 80.4 cm³/mol. The molecule has 0 aliphatic carbocycles. The van der Waals surface area contributed by atoms with Gasteiger partial charge in [0.05, 0.1) is 11.7 Å². The minimum atomic E-state index is -0.207. The van der Waals surface area contributed by atoms with Crippen molar-refractivity contribution in [3.05, 3.63) is 64.2 Å². The lowest BCUT2D eigenvalue weighted by Crippen LogP contribution is -2.25. The second kappa shape index (κ2) is 6.14. The van der Waals surface area contributed by atoms with Gasteiger partial charge in [0, 0.05) is 11.8 Å². The zero-order valence-electron chi connectivity index (χ0n) is 12.5. The molecule has 106 valence electrons. The van der Waals surface area contributed by atoms with Crippen molar-refractivity contribution in [1.29, 1.82) is 0 Å². The van der Waals surface area contributed by atoms with E-state index in [9.17, 15) is 4.39 Å². The molecule has 1 N–H and O–H groups in total. The number of halogens is 1. The number of aromatic nitrogens is 1. The van der Waals surface area contributed by atoms with Crippen molar-refractivity contribution in [2.75, 3.05) is 6.54 Å². The maximum absolute atomic E-state index is 14.4. The summed E-state index contributed by atoms with van der Waals surface area (Å²) in [5.74, 6) is -0.168. The molecule has 0 aliphatic rings. The number of nitrogens with one attached hydrogen (secondary N) is 1. The van der Waals surface area contributed by atoms with E-state index in [1.807, 2.05) is 45.9 Å². The Morgan fingerprint density at radius 2 is 1.95 bits per heavy atom. The Balaban J connectivity index is 2.58. The van der Waals surface area contributed by atoms with Gasteiger partial charge in [-0.25, -0.2) is 4.39 Å². The van der Waals surface area contributed by atoms with Crippen LogP contribution >= 0.6 is 0 Å². The number of hydrogen-bond donors (Lipinski definition) is 1. The number of pyridine rings is 1. The van der Waals surface area contributed by atoms with Gasteiger partial charge in [0.25, 0.3) is 0 Å². The lowest BCUT2D eigenvalue weighted by atomic mass is 9.94. The summed E-state index contributed by atoms with van der Waals surface area (Å²) < 4.78 is 14.4. The van der Waals surface area contributed by atoms with Gasteiger partial charge >= 0.3 is 0 Å². The molecule has 0 aliphatic heterocycles. The van der Waals surface area contributed by atoms with Gasteiger partial charge in [0.2, 0.25) is 0 Å². The zero-order chi connectivity index (χ0) is 14.7. The van der Waals surface area contributed by atoms with E-state index >= 15 is 0 Å². The summed E-state index contributed by atoms with van der Waals surface area (Å²) in [5, 5.41) is 3.35. The summed E-state index contributed by atoms with van der Waals surface area (Å²) in [6.45, 7) is 8.65. The molecule has 1 aromatic heterocycles. The van der Waals surface area contributed by atoms with E-state index in [2.05, 4.69) is 10.3 Å². The molecule has 0 saturated carbocycles. The third kappa shape index (κ3) is 2.88. The van der Waals surface area contributed by atoms with Crippen LogP contribution in [-0.4, -0.2) is 11.5 Å². The van der Waals surface area contributed by atoms with Crippen LogP contribution in [0.1, 0.15) is 40.9 Å². The molecule has 1 unspecified atom stereocenters. The smallest absolute Gasteiger partial charge is 0.128 e. The third-order valence-corrected chi connectivity index (χ3v) is 3.50. The van der Waals surface area contributed by atoms with E-state index in [1.165, 1.54) is 0 Å². The standard InChI is InChI=1S/C17H21FN2/c1-5-19-17(16-12(3)7-6-8-20-16)15-13(4)9-11(2)10-14(15)18/h6-10,17,19H,5H2,1-4H3. The van der Waals surface area contributed by atoms with Gasteiger partial charge < -0.3 is 5.32 Å². The highest BCUT2D eigenvalue weighted by molar-refractivity contribution is 5.40. The Morgan fingerprint density at radius 3 is 2.55 bits per heavy atom. The molecule has 0 fully saturated rings. The van der Waals surface area contributed by atoms with Crippen molar-refractivity contribution < 1.29 is 4.39 Å². The van der Waals surface area contributed by atoms with Gasteiger partial charge in [0.15, 0.2) is 0 Å². The van der Waals surface area contributed by atoms with Gasteiger partial charge in [-0.2, -0.15) is 0 Å². The van der Waals surface area contributed by atoms with E-state index in [1.54, 1.807) is 12.3 Å². The molecule has 1 aromatic carbocycles. The van der Waals surface area contributed by atoms with Crippen LogP contribution < -0.4 is 5.32 Å². The van der Waals surface area contributed by atoms with Crippen LogP contribution in [0.5, 0.6) is 0 Å². The maximum atomic E-state index is 14.4. The van der Waals surface area contributed by atoms with Crippen molar-refractivity contribution in [2.45, 2.75) is 33.7 Å². The molecular weight excluding hydrogens is 251 g/mol. The molecule has 0 bridgehead atoms. The van der Waals surface area contributed by atoms with Crippen LogP contribution in [-0.2, 0) is 0 Å². The molecule has 20 heavy (non-hydrogen) atoms. The Labute approximate surface area is 120 Å². The first-order chi connectivity index (χ1) is 9.54. The Kier molecular flexibility index (Phi) is 4.50. The van der Waals surface area contributed by atoms with Crippen LogP contribution in [0, 0.1) is 26.6 Å². The minimum absolute atomic E-state index is 0.168. The molecule has 1 atom stereocenters. The highest BCUT2D eigenvalue weighted by Crippen LogP contribution is 2.28. The van der Waals surface area contributed by atoms with Crippen molar-refractivity contribution >= 4 is 0 Å². The highest BCUT2D eigenvalue weighted by atomic mass is 19.1. The predicted octanol–water partition coefficient (Wildman–Crippen LogP) is 3.84. The molecule has 0 radical (unpaired) electrons. The lowest BCUT2D eigenvalue weighted by Gasteiger charge is -2.22. The van der Waals surface area contributed by atoms with Gasteiger partial charge in [-0.15, -0.1) is 0 Å². The van der Waals surface area contributed by atoms with Crippen LogP contribution in [0.15, 0.2) is 30.5 Å². The van der Waals surface area contributed by atoms with Crippen molar-refractivity contribution in [1.82, 2.24) is 10.3 Å². The summed E-state index contributed by atoms with van der Waals surface area (Å²) in [4.78, 5) is 4.45. The van der Waals surface area contributed by atoms with Gasteiger partial charge in [-0.1, -0.05) is 19.1 Å². The number of hydrogen-bond acceptors (Lipinski definition) is 2. The minimum Gasteiger partial charge on any atom is -0.305 e. The molecule has 0 amide bonds. The van der Waals surface area contributed by atoms with Crippen molar-refractivity contribution in [3.8, 4) is 0 Å². The lowest BCUT2D eigenvalue weighted by molar-refractivity contribution is 0.546. The van der Waals surface area contributed by atoms with Crippen LogP contribution in [0.2, 0.25) is 0 Å². The van der Waals surface area contributed by atoms with E-state index < -0.39 is 0 Å². The van der Waals surface area contributed by atoms with E-state index in [4.69, 9.17) is 0 Å². The molecule has 3 heteroatoms. The van der Waals surface area contributed by atoms with Crippen molar-refractivity contribution in [2.24, 2.45) is 0 Å². The number of nitrogens with zero attached hydrogens (tertiary/aromatic N) is 1. The van der Waals surface area contributed by atoms with E-state index in [0.717, 1.165) is 28.9 Å². The number of benzene rings is 1. The Morgan fingerprint density at radius 1 is 1.20 bits per heavy atom. The Hall–Kier alpha value is -1.74. The average Bonchev–Trinajstić information content (AvgIpc) is 2.37. The molecule has 0 spiro atoms. The molecule has 0 saturated heterocycles. The largest absolute Gasteiger partial charge is 0.305 e. The van der Waals surface area contributed by atoms with Crippen LogP contribution in [0.3, 0.4) is 0 Å². The second-order valence-electron chi connectivity index (χ2n) is 5.17. The van der Waals surface area contributed by atoms with Gasteiger partial charge in [-0.3, -0.25) is 4.98 Å². The second-order valence-corrected chi connectivity index (χ2v) is 5.17. The maximum Gasteiger partial charge on any atom is 0.128 e. The first kappa shape index (κ1) is 14.7. The van der Waals surface area contributed by atoms with Crippen molar-refractivity contribution in [3.63, 3.8) is 0 Å². The summed E-state index contributed by atoms with van der Waals surface area (Å²) >= 11 is 0. The average molecular weight is 272 g/mol. The van der Waals surface area contributed by atoms with E-state index in [0.29, 0.717) is 5.56 Å². The molecule has 1 heterocycles. The number of aryl methyl sites for hydroxylation is 3. The molecule has 2 rings (SSSR count). The fraction of sp³-hybridized carbons (Fsp3) is 0.353. The van der Waals surface area contributed by atoms with Gasteiger partial charge in [0.1, 0.15) is 5.82 Å². The third-order valence-electron chi connectivity index (χ3n) is 3.50. The first-order valence-corrected chi connectivity index (χ1v) is 6.96. The molecular formula is C17H21FN2. The fourth-order valence-electron chi connectivity index (χ4n) is 2.63. The summed E-state index contributed by atoms with van der Waals surface area (Å²) in [6, 6.07) is 7.31. The normalized spacial score (nSPS) is 12.4. The SMILES string of the molecule is CCNC(c1ncccc1C)c1c(C)cc(C)cc1F. The summed E-state index contributed by atoms with van der Waals surface area (Å²) in [6.07, 6.45) is 1.76. The number of rotatable bonds is 4. The topological polar surface area (TPSA) is 24.9 Å². The fourth-order valence-corrected chi connectivity index (χ4v) is 2.63.